The Morgan fingerprint density at radius 1 is 1.07 bits per heavy atom. The molecule has 0 radical (unpaired) electrons. The molecule has 6 heteroatoms. The van der Waals surface area contributed by atoms with Crippen LogP contribution in [0.4, 0.5) is 0 Å². The van der Waals surface area contributed by atoms with E-state index in [0.29, 0.717) is 0 Å². The van der Waals surface area contributed by atoms with Gasteiger partial charge in [-0.25, -0.2) is 4.98 Å². The number of guanidine groups is 1. The Hall–Kier alpha value is -2.73. The van der Waals surface area contributed by atoms with E-state index in [0.717, 1.165) is 31.4 Å². The van der Waals surface area contributed by atoms with Crippen molar-refractivity contribution in [2.24, 2.45) is 4.99 Å². The number of imidazole rings is 1. The number of aryl methyl sites for hydroxylation is 2. The molecule has 0 fully saturated rings. The lowest BCUT2D eigenvalue weighted by atomic mass is 10.1. The molecule has 0 unspecified atom stereocenters. The van der Waals surface area contributed by atoms with Crippen LogP contribution >= 0.6 is 11.8 Å². The number of nitrogens with zero attached hydrogens (tertiary/aromatic N) is 3. The van der Waals surface area contributed by atoms with Crippen LogP contribution in [0.3, 0.4) is 0 Å². The van der Waals surface area contributed by atoms with Gasteiger partial charge < -0.3 is 15.2 Å². The second-order valence-electron chi connectivity index (χ2n) is 7.02. The summed E-state index contributed by atoms with van der Waals surface area (Å²) in [5, 5.41) is 6.84. The van der Waals surface area contributed by atoms with Crippen molar-refractivity contribution in [1.29, 1.82) is 0 Å². The quantitative estimate of drug-likeness (QED) is 0.351. The number of benzene rings is 2. The lowest BCUT2D eigenvalue weighted by Gasteiger charge is -2.14. The summed E-state index contributed by atoms with van der Waals surface area (Å²) in [7, 11) is 1.80. The molecule has 0 aliphatic heterocycles. The number of thioether (sulfide) groups is 1. The topological polar surface area (TPSA) is 54.2 Å². The first-order valence-electron chi connectivity index (χ1n) is 9.72. The van der Waals surface area contributed by atoms with Gasteiger partial charge in [0.25, 0.3) is 0 Å². The molecule has 2 aromatic carbocycles. The first kappa shape index (κ1) is 21.0. The fourth-order valence-corrected chi connectivity index (χ4v) is 3.89. The van der Waals surface area contributed by atoms with Crippen LogP contribution in [0.2, 0.25) is 0 Å². The Morgan fingerprint density at radius 3 is 2.59 bits per heavy atom. The third-order valence-electron chi connectivity index (χ3n) is 4.84. The maximum atomic E-state index is 4.36. The molecule has 0 atom stereocenters. The molecule has 29 heavy (non-hydrogen) atoms. The summed E-state index contributed by atoms with van der Waals surface area (Å²) in [6.45, 7) is 6.45. The summed E-state index contributed by atoms with van der Waals surface area (Å²) in [5.41, 5.74) is 5.05. The molecular formula is C23H29N5S. The number of rotatable bonds is 7. The summed E-state index contributed by atoms with van der Waals surface area (Å²) >= 11 is 1.78. The SMILES string of the molecule is CN=C(NCc1cccc(Cn2ccnc2C)c1)NCc1ccc(C)cc1SC. The summed E-state index contributed by atoms with van der Waals surface area (Å²) in [4.78, 5) is 9.96. The Morgan fingerprint density at radius 2 is 1.86 bits per heavy atom. The van der Waals surface area contributed by atoms with E-state index in [9.17, 15) is 0 Å². The second kappa shape index (κ2) is 10.2. The van der Waals surface area contributed by atoms with Crippen LogP contribution in [0.15, 0.2) is 64.7 Å². The first-order valence-corrected chi connectivity index (χ1v) is 10.9. The van der Waals surface area contributed by atoms with Gasteiger partial charge >= 0.3 is 0 Å². The molecule has 2 N–H and O–H groups in total. The van der Waals surface area contributed by atoms with Crippen LogP contribution in [-0.2, 0) is 19.6 Å². The average molecular weight is 408 g/mol. The Balaban J connectivity index is 1.57. The average Bonchev–Trinajstić information content (AvgIpc) is 3.13. The zero-order valence-corrected chi connectivity index (χ0v) is 18.4. The van der Waals surface area contributed by atoms with E-state index in [1.807, 2.05) is 19.3 Å². The summed E-state index contributed by atoms with van der Waals surface area (Å²) in [6.07, 6.45) is 5.97. The maximum Gasteiger partial charge on any atom is 0.191 e. The van der Waals surface area contributed by atoms with E-state index >= 15 is 0 Å². The first-order chi connectivity index (χ1) is 14.1. The third kappa shape index (κ3) is 5.87. The Kier molecular flexibility index (Phi) is 7.36. The predicted molar refractivity (Wildman–Crippen MR) is 123 cm³/mol. The van der Waals surface area contributed by atoms with Gasteiger partial charge in [-0.1, -0.05) is 36.4 Å². The van der Waals surface area contributed by atoms with Crippen LogP contribution in [0.5, 0.6) is 0 Å². The van der Waals surface area contributed by atoms with Gasteiger partial charge in [0.1, 0.15) is 5.82 Å². The highest BCUT2D eigenvalue weighted by molar-refractivity contribution is 7.98. The van der Waals surface area contributed by atoms with Crippen LogP contribution in [0.25, 0.3) is 0 Å². The van der Waals surface area contributed by atoms with Gasteiger partial charge in [-0.2, -0.15) is 0 Å². The zero-order chi connectivity index (χ0) is 20.6. The predicted octanol–water partition coefficient (Wildman–Crippen LogP) is 4.14. The van der Waals surface area contributed by atoms with E-state index in [1.54, 1.807) is 18.8 Å². The molecule has 0 saturated heterocycles. The van der Waals surface area contributed by atoms with E-state index < -0.39 is 0 Å². The summed E-state index contributed by atoms with van der Waals surface area (Å²) in [5.74, 6) is 1.83. The minimum absolute atomic E-state index is 0.722. The standard InChI is InChI=1S/C23H29N5S/c1-17-8-9-21(22(12-17)29-4)15-27-23(24-3)26-14-19-6-5-7-20(13-19)16-28-11-10-25-18(28)2/h5-13H,14-16H2,1-4H3,(H2,24,26,27). The van der Waals surface area contributed by atoms with E-state index in [4.69, 9.17) is 0 Å². The number of hydrogen-bond donors (Lipinski definition) is 2. The molecule has 152 valence electrons. The lowest BCUT2D eigenvalue weighted by molar-refractivity contribution is 0.757. The molecule has 3 aromatic rings. The van der Waals surface area contributed by atoms with Crippen molar-refractivity contribution in [2.75, 3.05) is 13.3 Å². The van der Waals surface area contributed by atoms with Gasteiger partial charge in [-0.15, -0.1) is 11.8 Å². The minimum Gasteiger partial charge on any atom is -0.352 e. The molecule has 0 aliphatic carbocycles. The normalized spacial score (nSPS) is 11.5. The third-order valence-corrected chi connectivity index (χ3v) is 5.66. The van der Waals surface area contributed by atoms with Crippen LogP contribution in [0, 0.1) is 13.8 Å². The van der Waals surface area contributed by atoms with Gasteiger partial charge in [0, 0.05) is 44.0 Å². The molecule has 1 aromatic heterocycles. The minimum atomic E-state index is 0.722. The van der Waals surface area contributed by atoms with Gasteiger partial charge in [-0.05, 0) is 48.4 Å². The van der Waals surface area contributed by atoms with Gasteiger partial charge in [0.05, 0.1) is 0 Å². The van der Waals surface area contributed by atoms with Crippen LogP contribution in [-0.4, -0.2) is 28.8 Å². The number of aliphatic imine (C=N–C) groups is 1. The molecule has 0 spiro atoms. The summed E-state index contributed by atoms with van der Waals surface area (Å²) < 4.78 is 2.15. The lowest BCUT2D eigenvalue weighted by Crippen LogP contribution is -2.36. The summed E-state index contributed by atoms with van der Waals surface area (Å²) in [6, 6.07) is 15.2. The Labute approximate surface area is 177 Å². The van der Waals surface area contributed by atoms with Crippen molar-refractivity contribution in [1.82, 2.24) is 20.2 Å². The monoisotopic (exact) mass is 407 g/mol. The molecule has 0 aliphatic rings. The van der Waals surface area contributed by atoms with Crippen molar-refractivity contribution in [2.45, 2.75) is 38.4 Å². The molecule has 5 nitrogen and oxygen atoms in total. The van der Waals surface area contributed by atoms with Crippen molar-refractivity contribution >= 4 is 17.7 Å². The van der Waals surface area contributed by atoms with Gasteiger partial charge in [0.2, 0.25) is 0 Å². The fourth-order valence-electron chi connectivity index (χ4n) is 3.19. The molecule has 0 amide bonds. The molecule has 3 rings (SSSR count). The highest BCUT2D eigenvalue weighted by atomic mass is 32.2. The molecule has 0 saturated carbocycles. The van der Waals surface area contributed by atoms with Gasteiger partial charge in [0.15, 0.2) is 5.96 Å². The highest BCUT2D eigenvalue weighted by Gasteiger charge is 2.05. The largest absolute Gasteiger partial charge is 0.352 e. The van der Waals surface area contributed by atoms with Crippen molar-refractivity contribution < 1.29 is 0 Å². The van der Waals surface area contributed by atoms with Crippen molar-refractivity contribution in [3.63, 3.8) is 0 Å². The van der Waals surface area contributed by atoms with Crippen LogP contribution in [0.1, 0.15) is 28.1 Å². The molecular weight excluding hydrogens is 378 g/mol. The molecule has 0 bridgehead atoms. The fraction of sp³-hybridized carbons (Fsp3) is 0.304. The number of aromatic nitrogens is 2. The second-order valence-corrected chi connectivity index (χ2v) is 7.87. The van der Waals surface area contributed by atoms with Crippen molar-refractivity contribution in [3.05, 3.63) is 82.9 Å². The smallest absolute Gasteiger partial charge is 0.191 e. The molecule has 1 heterocycles. The highest BCUT2D eigenvalue weighted by Crippen LogP contribution is 2.21. The zero-order valence-electron chi connectivity index (χ0n) is 17.6. The van der Waals surface area contributed by atoms with E-state index in [-0.39, 0.29) is 0 Å². The van der Waals surface area contributed by atoms with Gasteiger partial charge in [-0.3, -0.25) is 4.99 Å². The van der Waals surface area contributed by atoms with Crippen LogP contribution < -0.4 is 10.6 Å². The van der Waals surface area contributed by atoms with E-state index in [2.05, 4.69) is 80.8 Å². The van der Waals surface area contributed by atoms with Crippen molar-refractivity contribution in [3.8, 4) is 0 Å². The maximum absolute atomic E-state index is 4.36. The Bertz CT molecular complexity index is 977. The number of hydrogen-bond acceptors (Lipinski definition) is 3. The number of nitrogens with one attached hydrogen (secondary N) is 2. The van der Waals surface area contributed by atoms with E-state index in [1.165, 1.54) is 27.1 Å².